The third kappa shape index (κ3) is 2.99. The van der Waals surface area contributed by atoms with Crippen LogP contribution in [0.5, 0.6) is 0 Å². The predicted octanol–water partition coefficient (Wildman–Crippen LogP) is 1.14. The molecule has 0 aliphatic carbocycles. The molecule has 0 saturated carbocycles. The van der Waals surface area contributed by atoms with Gasteiger partial charge in [-0.3, -0.25) is 19.3 Å². The second kappa shape index (κ2) is 6.62. The van der Waals surface area contributed by atoms with Crippen molar-refractivity contribution in [3.05, 3.63) is 35.1 Å². The summed E-state index contributed by atoms with van der Waals surface area (Å²) in [4.78, 5) is 51.8. The Kier molecular flexibility index (Phi) is 4.52. The van der Waals surface area contributed by atoms with Crippen molar-refractivity contribution in [2.24, 2.45) is 0 Å². The summed E-state index contributed by atoms with van der Waals surface area (Å²) in [6.45, 7) is 2.77. The first-order valence-electron chi connectivity index (χ1n) is 8.11. The summed E-state index contributed by atoms with van der Waals surface area (Å²) in [6.07, 6.45) is 1.000. The van der Waals surface area contributed by atoms with Crippen LogP contribution in [0.25, 0.3) is 0 Å². The highest BCUT2D eigenvalue weighted by molar-refractivity contribution is 6.02. The molecule has 0 aromatic heterocycles. The van der Waals surface area contributed by atoms with Crippen molar-refractivity contribution in [2.75, 3.05) is 26.2 Å². The van der Waals surface area contributed by atoms with Gasteiger partial charge in [0.2, 0.25) is 0 Å². The number of halogens is 1. The minimum atomic E-state index is -0.704. The number of carbonyl (C=O) groups excluding carboxylic acids is 4. The monoisotopic (exact) mass is 347 g/mol. The van der Waals surface area contributed by atoms with Crippen LogP contribution < -0.4 is 0 Å². The van der Waals surface area contributed by atoms with Gasteiger partial charge >= 0.3 is 6.03 Å². The first-order valence-corrected chi connectivity index (χ1v) is 8.11. The Balaban J connectivity index is 1.75. The van der Waals surface area contributed by atoms with Gasteiger partial charge in [0, 0.05) is 25.2 Å². The van der Waals surface area contributed by atoms with E-state index in [0.29, 0.717) is 25.8 Å². The average molecular weight is 347 g/mol. The molecule has 25 heavy (non-hydrogen) atoms. The van der Waals surface area contributed by atoms with Crippen LogP contribution in [0, 0.1) is 5.82 Å². The van der Waals surface area contributed by atoms with Crippen LogP contribution in [0.15, 0.2) is 18.2 Å². The predicted molar refractivity (Wildman–Crippen MR) is 85.6 cm³/mol. The van der Waals surface area contributed by atoms with Gasteiger partial charge < -0.3 is 9.80 Å². The number of amides is 4. The van der Waals surface area contributed by atoms with E-state index in [9.17, 15) is 23.6 Å². The lowest BCUT2D eigenvalue weighted by atomic mass is 10.1. The van der Waals surface area contributed by atoms with Crippen molar-refractivity contribution >= 4 is 24.1 Å². The quantitative estimate of drug-likeness (QED) is 0.604. The lowest BCUT2D eigenvalue weighted by molar-refractivity contribution is -0.126. The fraction of sp³-hybridized carbons (Fsp3) is 0.412. The van der Waals surface area contributed by atoms with E-state index in [1.807, 2.05) is 0 Å². The zero-order valence-electron chi connectivity index (χ0n) is 13.8. The minimum Gasteiger partial charge on any atom is -0.336 e. The second-order valence-electron chi connectivity index (χ2n) is 6.11. The molecule has 0 radical (unpaired) electrons. The van der Waals surface area contributed by atoms with E-state index in [1.165, 1.54) is 26.8 Å². The molecule has 2 aliphatic rings. The smallest absolute Gasteiger partial charge is 0.327 e. The van der Waals surface area contributed by atoms with Crippen LogP contribution in [0.1, 0.15) is 34.1 Å². The van der Waals surface area contributed by atoms with Crippen molar-refractivity contribution in [1.82, 2.24) is 14.7 Å². The SMILES string of the molecule is CCN1CC(=O)N([C@@H]2CCN(C(=O)c3cc(C=O)ccc3F)C2)C1=O. The molecular formula is C17H18FN3O4. The van der Waals surface area contributed by atoms with E-state index in [4.69, 9.17) is 0 Å². The van der Waals surface area contributed by atoms with Crippen molar-refractivity contribution in [2.45, 2.75) is 19.4 Å². The molecule has 0 unspecified atom stereocenters. The first-order chi connectivity index (χ1) is 12.0. The van der Waals surface area contributed by atoms with E-state index in [1.54, 1.807) is 6.92 Å². The molecule has 7 nitrogen and oxygen atoms in total. The number of imide groups is 1. The van der Waals surface area contributed by atoms with Gasteiger partial charge in [0.05, 0.1) is 11.6 Å². The maximum Gasteiger partial charge on any atom is 0.327 e. The molecule has 2 heterocycles. The number of likely N-dealkylation sites (N-methyl/N-ethyl adjacent to an activating group) is 1. The molecule has 132 valence electrons. The number of benzene rings is 1. The fourth-order valence-electron chi connectivity index (χ4n) is 3.26. The molecule has 0 bridgehead atoms. The molecule has 3 rings (SSSR count). The molecule has 1 atom stereocenters. The largest absolute Gasteiger partial charge is 0.336 e. The highest BCUT2D eigenvalue weighted by atomic mass is 19.1. The van der Waals surface area contributed by atoms with Gasteiger partial charge in [-0.05, 0) is 31.5 Å². The number of nitrogens with zero attached hydrogens (tertiary/aromatic N) is 3. The van der Waals surface area contributed by atoms with Gasteiger partial charge in [-0.15, -0.1) is 0 Å². The number of hydrogen-bond donors (Lipinski definition) is 0. The van der Waals surface area contributed by atoms with Crippen molar-refractivity contribution in [3.63, 3.8) is 0 Å². The van der Waals surface area contributed by atoms with Gasteiger partial charge in [-0.1, -0.05) is 0 Å². The summed E-state index contributed by atoms with van der Waals surface area (Å²) in [5.74, 6) is -1.53. The van der Waals surface area contributed by atoms with Crippen molar-refractivity contribution in [3.8, 4) is 0 Å². The van der Waals surface area contributed by atoms with Crippen LogP contribution in [0.2, 0.25) is 0 Å². The Hall–Kier alpha value is -2.77. The fourth-order valence-corrected chi connectivity index (χ4v) is 3.26. The van der Waals surface area contributed by atoms with Crippen LogP contribution in [0.4, 0.5) is 9.18 Å². The summed E-state index contributed by atoms with van der Waals surface area (Å²) < 4.78 is 13.9. The van der Waals surface area contributed by atoms with Crippen LogP contribution in [-0.4, -0.2) is 71.1 Å². The Morgan fingerprint density at radius 2 is 2.12 bits per heavy atom. The number of rotatable bonds is 4. The molecular weight excluding hydrogens is 329 g/mol. The number of hydrogen-bond acceptors (Lipinski definition) is 4. The van der Waals surface area contributed by atoms with Crippen molar-refractivity contribution in [1.29, 1.82) is 0 Å². The van der Waals surface area contributed by atoms with E-state index in [2.05, 4.69) is 0 Å². The minimum absolute atomic E-state index is 0.0514. The summed E-state index contributed by atoms with van der Waals surface area (Å²) in [6, 6.07) is 2.84. The average Bonchev–Trinajstić information content (AvgIpc) is 3.19. The standard InChI is InChI=1S/C17H18FN3O4/c1-2-19-9-15(23)21(17(19)25)12-5-6-20(8-12)16(24)13-7-11(10-22)3-4-14(13)18/h3-4,7,10,12H,2,5-6,8-9H2,1H3/t12-/m1/s1. The van der Waals surface area contributed by atoms with Crippen LogP contribution in [0.3, 0.4) is 0 Å². The normalized spacial score (nSPS) is 20.6. The Bertz CT molecular complexity index is 751. The summed E-state index contributed by atoms with van der Waals surface area (Å²) in [7, 11) is 0. The molecule has 0 spiro atoms. The molecule has 0 N–H and O–H groups in total. The van der Waals surface area contributed by atoms with Gasteiger partial charge in [-0.2, -0.15) is 0 Å². The Morgan fingerprint density at radius 1 is 1.36 bits per heavy atom. The molecule has 1 aromatic carbocycles. The number of urea groups is 1. The number of carbonyl (C=O) groups is 4. The van der Waals surface area contributed by atoms with E-state index in [0.717, 1.165) is 6.07 Å². The van der Waals surface area contributed by atoms with Crippen LogP contribution >= 0.6 is 0 Å². The Morgan fingerprint density at radius 3 is 2.76 bits per heavy atom. The molecule has 2 fully saturated rings. The topological polar surface area (TPSA) is 78.0 Å². The molecule has 1 aromatic rings. The van der Waals surface area contributed by atoms with Crippen molar-refractivity contribution < 1.29 is 23.6 Å². The van der Waals surface area contributed by atoms with Gasteiger partial charge in [0.25, 0.3) is 11.8 Å². The van der Waals surface area contributed by atoms with E-state index >= 15 is 0 Å². The molecule has 2 saturated heterocycles. The molecule has 4 amide bonds. The van der Waals surface area contributed by atoms with Crippen LogP contribution in [-0.2, 0) is 4.79 Å². The van der Waals surface area contributed by atoms with Gasteiger partial charge in [-0.25, -0.2) is 9.18 Å². The molecule has 8 heteroatoms. The Labute approximate surface area is 144 Å². The molecule has 2 aliphatic heterocycles. The lowest BCUT2D eigenvalue weighted by Gasteiger charge is -2.23. The maximum absolute atomic E-state index is 13.9. The second-order valence-corrected chi connectivity index (χ2v) is 6.11. The zero-order valence-corrected chi connectivity index (χ0v) is 13.8. The summed E-state index contributed by atoms with van der Waals surface area (Å²) in [5, 5.41) is 0. The number of aldehydes is 1. The maximum atomic E-state index is 13.9. The third-order valence-corrected chi connectivity index (χ3v) is 4.63. The first kappa shape index (κ1) is 17.1. The third-order valence-electron chi connectivity index (χ3n) is 4.63. The summed E-state index contributed by atoms with van der Waals surface area (Å²) in [5.41, 5.74) is 0.0310. The van der Waals surface area contributed by atoms with E-state index < -0.39 is 17.8 Å². The highest BCUT2D eigenvalue weighted by Gasteiger charge is 2.43. The zero-order chi connectivity index (χ0) is 18.1. The van der Waals surface area contributed by atoms with Gasteiger partial charge in [0.1, 0.15) is 18.6 Å². The lowest BCUT2D eigenvalue weighted by Crippen LogP contribution is -2.43. The van der Waals surface area contributed by atoms with Gasteiger partial charge in [0.15, 0.2) is 0 Å². The number of likely N-dealkylation sites (tertiary alicyclic amines) is 1. The highest BCUT2D eigenvalue weighted by Crippen LogP contribution is 2.23. The summed E-state index contributed by atoms with van der Waals surface area (Å²) >= 11 is 0. The van der Waals surface area contributed by atoms with E-state index in [-0.39, 0.29) is 36.2 Å².